The van der Waals surface area contributed by atoms with E-state index in [0.29, 0.717) is 0 Å². The van der Waals surface area contributed by atoms with Gasteiger partial charge < -0.3 is 14.0 Å². The first-order chi connectivity index (χ1) is 8.44. The Morgan fingerprint density at radius 2 is 2.33 bits per heavy atom. The number of esters is 1. The second-order valence-corrected chi connectivity index (χ2v) is 5.55. The second-order valence-electron chi connectivity index (χ2n) is 5.55. The van der Waals surface area contributed by atoms with Gasteiger partial charge in [-0.25, -0.2) is 9.78 Å². The van der Waals surface area contributed by atoms with Crippen LogP contribution < -0.4 is 0 Å². The predicted octanol–water partition coefficient (Wildman–Crippen LogP) is 1.56. The van der Waals surface area contributed by atoms with Crippen molar-refractivity contribution in [3.05, 3.63) is 18.2 Å². The van der Waals surface area contributed by atoms with E-state index in [0.717, 1.165) is 25.2 Å². The predicted molar refractivity (Wildman–Crippen MR) is 66.1 cm³/mol. The SMILES string of the molecule is CC(C)(C)OC(=O)CO[C@@H]1CCc2nccn2C1. The number of carbonyl (C=O) groups excluding carboxylic acids is 1. The fraction of sp³-hybridized carbons (Fsp3) is 0.692. The summed E-state index contributed by atoms with van der Waals surface area (Å²) >= 11 is 0. The molecule has 5 heteroatoms. The lowest BCUT2D eigenvalue weighted by atomic mass is 10.1. The van der Waals surface area contributed by atoms with E-state index in [9.17, 15) is 4.79 Å². The van der Waals surface area contributed by atoms with Gasteiger partial charge in [-0.05, 0) is 27.2 Å². The van der Waals surface area contributed by atoms with Crippen LogP contribution in [0.3, 0.4) is 0 Å². The van der Waals surface area contributed by atoms with Crippen molar-refractivity contribution in [2.45, 2.75) is 51.9 Å². The van der Waals surface area contributed by atoms with Crippen LogP contribution in [0, 0.1) is 0 Å². The number of fused-ring (bicyclic) bond motifs is 1. The third kappa shape index (κ3) is 3.57. The van der Waals surface area contributed by atoms with Crippen LogP contribution in [-0.4, -0.2) is 33.8 Å². The molecule has 1 aromatic rings. The normalized spacial score (nSPS) is 19.4. The molecule has 0 saturated carbocycles. The highest BCUT2D eigenvalue weighted by atomic mass is 16.6. The molecule has 1 aliphatic heterocycles. The van der Waals surface area contributed by atoms with Crippen LogP contribution in [0.4, 0.5) is 0 Å². The summed E-state index contributed by atoms with van der Waals surface area (Å²) in [7, 11) is 0. The first-order valence-electron chi connectivity index (χ1n) is 6.27. The first kappa shape index (κ1) is 13.1. The fourth-order valence-electron chi connectivity index (χ4n) is 2.03. The van der Waals surface area contributed by atoms with Crippen LogP contribution in [0.25, 0.3) is 0 Å². The molecule has 2 rings (SSSR count). The quantitative estimate of drug-likeness (QED) is 0.766. The third-order valence-corrected chi connectivity index (χ3v) is 2.75. The Balaban J connectivity index is 1.77. The average molecular weight is 252 g/mol. The summed E-state index contributed by atoms with van der Waals surface area (Å²) in [5, 5.41) is 0. The molecule has 18 heavy (non-hydrogen) atoms. The summed E-state index contributed by atoms with van der Waals surface area (Å²) in [6, 6.07) is 0. The number of aryl methyl sites for hydroxylation is 1. The summed E-state index contributed by atoms with van der Waals surface area (Å²) in [6.07, 6.45) is 5.61. The molecule has 1 aliphatic rings. The van der Waals surface area contributed by atoms with Gasteiger partial charge in [0.2, 0.25) is 0 Å². The molecule has 0 aliphatic carbocycles. The Morgan fingerprint density at radius 3 is 3.06 bits per heavy atom. The van der Waals surface area contributed by atoms with E-state index in [2.05, 4.69) is 9.55 Å². The van der Waals surface area contributed by atoms with Gasteiger partial charge in [-0.1, -0.05) is 0 Å². The van der Waals surface area contributed by atoms with Crippen molar-refractivity contribution in [1.82, 2.24) is 9.55 Å². The van der Waals surface area contributed by atoms with Crippen molar-refractivity contribution in [3.8, 4) is 0 Å². The van der Waals surface area contributed by atoms with E-state index in [-0.39, 0.29) is 18.7 Å². The molecular formula is C13H20N2O3. The number of aromatic nitrogens is 2. The Hall–Kier alpha value is -1.36. The highest BCUT2D eigenvalue weighted by Crippen LogP contribution is 2.16. The van der Waals surface area contributed by atoms with E-state index in [1.807, 2.05) is 27.0 Å². The zero-order valence-corrected chi connectivity index (χ0v) is 11.2. The van der Waals surface area contributed by atoms with Gasteiger partial charge in [-0.3, -0.25) is 0 Å². The maximum absolute atomic E-state index is 11.5. The smallest absolute Gasteiger partial charge is 0.332 e. The van der Waals surface area contributed by atoms with Crippen molar-refractivity contribution >= 4 is 5.97 Å². The topological polar surface area (TPSA) is 53.4 Å². The van der Waals surface area contributed by atoms with Gasteiger partial charge in [0.1, 0.15) is 18.0 Å². The summed E-state index contributed by atoms with van der Waals surface area (Å²) < 4.78 is 12.9. The van der Waals surface area contributed by atoms with Crippen LogP contribution in [0.2, 0.25) is 0 Å². The standard InChI is InChI=1S/C13H20N2O3/c1-13(2,3)18-12(16)9-17-10-4-5-11-14-6-7-15(11)8-10/h6-7,10H,4-5,8-9H2,1-3H3/t10-/m1/s1. The molecule has 0 unspecified atom stereocenters. The molecule has 1 aromatic heterocycles. The lowest BCUT2D eigenvalue weighted by molar-refractivity contribution is -0.162. The van der Waals surface area contributed by atoms with Gasteiger partial charge in [-0.2, -0.15) is 0 Å². The number of nitrogens with zero attached hydrogens (tertiary/aromatic N) is 2. The fourth-order valence-corrected chi connectivity index (χ4v) is 2.03. The Labute approximate surface area is 107 Å². The van der Waals surface area contributed by atoms with E-state index in [1.54, 1.807) is 6.20 Å². The molecule has 0 aromatic carbocycles. The zero-order valence-electron chi connectivity index (χ0n) is 11.2. The van der Waals surface area contributed by atoms with E-state index >= 15 is 0 Å². The van der Waals surface area contributed by atoms with Gasteiger partial charge in [0.25, 0.3) is 0 Å². The molecule has 0 fully saturated rings. The lowest BCUT2D eigenvalue weighted by Crippen LogP contribution is -2.31. The summed E-state index contributed by atoms with van der Waals surface area (Å²) in [4.78, 5) is 15.8. The van der Waals surface area contributed by atoms with E-state index < -0.39 is 5.60 Å². The van der Waals surface area contributed by atoms with Gasteiger partial charge in [0.15, 0.2) is 0 Å². The maximum Gasteiger partial charge on any atom is 0.332 e. The van der Waals surface area contributed by atoms with E-state index in [4.69, 9.17) is 9.47 Å². The molecule has 0 radical (unpaired) electrons. The van der Waals surface area contributed by atoms with Crippen molar-refractivity contribution in [2.24, 2.45) is 0 Å². The van der Waals surface area contributed by atoms with Crippen molar-refractivity contribution in [2.75, 3.05) is 6.61 Å². The first-order valence-corrected chi connectivity index (χ1v) is 6.27. The largest absolute Gasteiger partial charge is 0.458 e. The molecule has 0 saturated heterocycles. The molecule has 5 nitrogen and oxygen atoms in total. The minimum atomic E-state index is -0.454. The van der Waals surface area contributed by atoms with Crippen molar-refractivity contribution < 1.29 is 14.3 Å². The monoisotopic (exact) mass is 252 g/mol. The second kappa shape index (κ2) is 5.10. The third-order valence-electron chi connectivity index (χ3n) is 2.75. The highest BCUT2D eigenvalue weighted by molar-refractivity contribution is 5.71. The Bertz CT molecular complexity index is 420. The number of hydrogen-bond acceptors (Lipinski definition) is 4. The Morgan fingerprint density at radius 1 is 1.56 bits per heavy atom. The summed E-state index contributed by atoms with van der Waals surface area (Å²) in [5.41, 5.74) is -0.454. The van der Waals surface area contributed by atoms with Gasteiger partial charge in [-0.15, -0.1) is 0 Å². The minimum Gasteiger partial charge on any atom is -0.458 e. The molecule has 0 N–H and O–H groups in total. The molecule has 1 atom stereocenters. The number of hydrogen-bond donors (Lipinski definition) is 0. The molecule has 0 spiro atoms. The van der Waals surface area contributed by atoms with Crippen LogP contribution in [0.15, 0.2) is 12.4 Å². The number of ether oxygens (including phenoxy) is 2. The molecule has 0 amide bonds. The van der Waals surface area contributed by atoms with Crippen molar-refractivity contribution in [3.63, 3.8) is 0 Å². The number of rotatable bonds is 3. The van der Waals surface area contributed by atoms with Gasteiger partial charge in [0, 0.05) is 18.8 Å². The molecule has 0 bridgehead atoms. The van der Waals surface area contributed by atoms with Crippen LogP contribution >= 0.6 is 0 Å². The molecular weight excluding hydrogens is 232 g/mol. The highest BCUT2D eigenvalue weighted by Gasteiger charge is 2.22. The average Bonchev–Trinajstić information content (AvgIpc) is 2.71. The number of imidazole rings is 1. The Kier molecular flexibility index (Phi) is 3.71. The van der Waals surface area contributed by atoms with Crippen molar-refractivity contribution in [1.29, 1.82) is 0 Å². The van der Waals surface area contributed by atoms with Crippen LogP contribution in [0.1, 0.15) is 33.0 Å². The maximum atomic E-state index is 11.5. The van der Waals surface area contributed by atoms with Crippen LogP contribution in [0.5, 0.6) is 0 Å². The minimum absolute atomic E-state index is 0.0198. The molecule has 100 valence electrons. The summed E-state index contributed by atoms with van der Waals surface area (Å²) in [5.74, 6) is 0.783. The van der Waals surface area contributed by atoms with Gasteiger partial charge >= 0.3 is 5.97 Å². The number of carbonyl (C=O) groups is 1. The van der Waals surface area contributed by atoms with Gasteiger partial charge in [0.05, 0.1) is 12.6 Å². The molecule has 2 heterocycles. The van der Waals surface area contributed by atoms with Crippen LogP contribution in [-0.2, 0) is 27.2 Å². The summed E-state index contributed by atoms with van der Waals surface area (Å²) in [6.45, 7) is 6.33. The van der Waals surface area contributed by atoms with E-state index in [1.165, 1.54) is 0 Å². The lowest BCUT2D eigenvalue weighted by Gasteiger charge is -2.25. The zero-order chi connectivity index (χ0) is 13.2.